The van der Waals surface area contributed by atoms with Crippen molar-refractivity contribution in [2.45, 2.75) is 39.7 Å². The molecule has 4 aromatic rings. The van der Waals surface area contributed by atoms with Gasteiger partial charge in [0.05, 0.1) is 0 Å². The van der Waals surface area contributed by atoms with Gasteiger partial charge in [-0.2, -0.15) is 0 Å². The molecule has 4 rings (SSSR count). The SMILES string of the molecule is CCCCCn1c(C)cc(=O)n2cc(-c3cc4ccccc4o3)nc12. The number of fused-ring (bicyclic) bond motifs is 2. The number of hydrogen-bond acceptors (Lipinski definition) is 3. The van der Waals surface area contributed by atoms with E-state index in [1.807, 2.05) is 37.3 Å². The molecule has 3 aromatic heterocycles. The molecule has 0 spiro atoms. The van der Waals surface area contributed by atoms with Crippen molar-refractivity contribution >= 4 is 16.7 Å². The van der Waals surface area contributed by atoms with E-state index in [1.165, 1.54) is 0 Å². The number of benzene rings is 1. The van der Waals surface area contributed by atoms with Gasteiger partial charge in [-0.15, -0.1) is 0 Å². The molecule has 0 aliphatic heterocycles. The van der Waals surface area contributed by atoms with Gasteiger partial charge < -0.3 is 8.98 Å². The zero-order valence-corrected chi connectivity index (χ0v) is 14.5. The molecule has 0 atom stereocenters. The van der Waals surface area contributed by atoms with Crippen LogP contribution in [0.25, 0.3) is 28.2 Å². The highest BCUT2D eigenvalue weighted by molar-refractivity contribution is 5.82. The molecule has 0 fully saturated rings. The third-order valence-electron chi connectivity index (χ3n) is 4.59. The van der Waals surface area contributed by atoms with Gasteiger partial charge in [0.15, 0.2) is 5.76 Å². The lowest BCUT2D eigenvalue weighted by atomic mass is 10.2. The van der Waals surface area contributed by atoms with E-state index < -0.39 is 0 Å². The van der Waals surface area contributed by atoms with Crippen LogP contribution < -0.4 is 5.56 Å². The third kappa shape index (κ3) is 2.76. The first-order valence-electron chi connectivity index (χ1n) is 8.76. The van der Waals surface area contributed by atoms with Gasteiger partial charge in [0.2, 0.25) is 5.78 Å². The summed E-state index contributed by atoms with van der Waals surface area (Å²) in [6, 6.07) is 11.5. The molecule has 5 nitrogen and oxygen atoms in total. The Morgan fingerprint density at radius 3 is 2.80 bits per heavy atom. The fourth-order valence-electron chi connectivity index (χ4n) is 3.23. The van der Waals surface area contributed by atoms with Gasteiger partial charge in [0, 0.05) is 29.9 Å². The lowest BCUT2D eigenvalue weighted by Crippen LogP contribution is -2.18. The Hall–Kier alpha value is -2.82. The van der Waals surface area contributed by atoms with Gasteiger partial charge in [-0.05, 0) is 25.5 Å². The molecule has 3 heterocycles. The van der Waals surface area contributed by atoms with Crippen molar-refractivity contribution in [2.24, 2.45) is 0 Å². The molecule has 0 aliphatic rings. The van der Waals surface area contributed by atoms with Crippen LogP contribution >= 0.6 is 0 Å². The molecular formula is C20H21N3O2. The van der Waals surface area contributed by atoms with Gasteiger partial charge in [0.1, 0.15) is 11.3 Å². The Bertz CT molecular complexity index is 1070. The van der Waals surface area contributed by atoms with Crippen molar-refractivity contribution < 1.29 is 4.42 Å². The van der Waals surface area contributed by atoms with Crippen LogP contribution in [0.1, 0.15) is 31.9 Å². The fourth-order valence-corrected chi connectivity index (χ4v) is 3.23. The number of nitrogens with zero attached hydrogens (tertiary/aromatic N) is 3. The van der Waals surface area contributed by atoms with Crippen molar-refractivity contribution in [3.05, 3.63) is 58.6 Å². The average molecular weight is 335 g/mol. The minimum Gasteiger partial charge on any atom is -0.454 e. The summed E-state index contributed by atoms with van der Waals surface area (Å²) < 4.78 is 9.63. The zero-order chi connectivity index (χ0) is 17.4. The number of para-hydroxylation sites is 1. The Morgan fingerprint density at radius 1 is 1.16 bits per heavy atom. The maximum Gasteiger partial charge on any atom is 0.259 e. The molecule has 1 aromatic carbocycles. The van der Waals surface area contributed by atoms with Crippen LogP contribution in [-0.4, -0.2) is 14.0 Å². The van der Waals surface area contributed by atoms with Crippen LogP contribution in [0.3, 0.4) is 0 Å². The molecule has 0 saturated carbocycles. The van der Waals surface area contributed by atoms with Gasteiger partial charge in [0.25, 0.3) is 5.56 Å². The van der Waals surface area contributed by atoms with Crippen molar-refractivity contribution in [1.29, 1.82) is 0 Å². The second kappa shape index (κ2) is 6.24. The van der Waals surface area contributed by atoms with Crippen LogP contribution in [-0.2, 0) is 6.54 Å². The summed E-state index contributed by atoms with van der Waals surface area (Å²) in [5, 5.41) is 1.03. The van der Waals surface area contributed by atoms with Crippen LogP contribution in [0.5, 0.6) is 0 Å². The van der Waals surface area contributed by atoms with Gasteiger partial charge in [-0.3, -0.25) is 9.20 Å². The average Bonchev–Trinajstić information content (AvgIpc) is 3.22. The second-order valence-corrected chi connectivity index (χ2v) is 6.43. The van der Waals surface area contributed by atoms with E-state index in [0.29, 0.717) is 17.2 Å². The van der Waals surface area contributed by atoms with Crippen LogP contribution in [0.15, 0.2) is 51.8 Å². The third-order valence-corrected chi connectivity index (χ3v) is 4.59. The molecule has 0 saturated heterocycles. The van der Waals surface area contributed by atoms with Gasteiger partial charge >= 0.3 is 0 Å². The van der Waals surface area contributed by atoms with E-state index in [-0.39, 0.29) is 5.56 Å². The highest BCUT2D eigenvalue weighted by Gasteiger charge is 2.14. The Labute approximate surface area is 145 Å². The Balaban J connectivity index is 1.84. The number of aryl methyl sites for hydroxylation is 2. The van der Waals surface area contributed by atoms with Crippen molar-refractivity contribution in [3.63, 3.8) is 0 Å². The maximum atomic E-state index is 12.4. The summed E-state index contributed by atoms with van der Waals surface area (Å²) in [5.41, 5.74) is 2.39. The lowest BCUT2D eigenvalue weighted by molar-refractivity contribution is 0.590. The molecule has 0 amide bonds. The topological polar surface area (TPSA) is 52.4 Å². The summed E-state index contributed by atoms with van der Waals surface area (Å²) in [6.07, 6.45) is 5.16. The second-order valence-electron chi connectivity index (χ2n) is 6.43. The number of rotatable bonds is 5. The van der Waals surface area contributed by atoms with E-state index in [1.54, 1.807) is 16.7 Å². The highest BCUT2D eigenvalue weighted by atomic mass is 16.3. The number of imidazole rings is 1. The van der Waals surface area contributed by atoms with Crippen molar-refractivity contribution in [1.82, 2.24) is 14.0 Å². The molecular weight excluding hydrogens is 314 g/mol. The summed E-state index contributed by atoms with van der Waals surface area (Å²) in [6.45, 7) is 5.01. The summed E-state index contributed by atoms with van der Waals surface area (Å²) in [5.74, 6) is 1.36. The minimum absolute atomic E-state index is 0.0610. The normalized spacial score (nSPS) is 11.6. The van der Waals surface area contributed by atoms with Crippen LogP contribution in [0.2, 0.25) is 0 Å². The molecule has 25 heavy (non-hydrogen) atoms. The molecule has 5 heteroatoms. The number of aromatic nitrogens is 3. The summed E-state index contributed by atoms with van der Waals surface area (Å²) in [7, 11) is 0. The monoisotopic (exact) mass is 335 g/mol. The van der Waals surface area contributed by atoms with Gasteiger partial charge in [-0.1, -0.05) is 38.0 Å². The lowest BCUT2D eigenvalue weighted by Gasteiger charge is -2.11. The maximum absolute atomic E-state index is 12.4. The first kappa shape index (κ1) is 15.7. The van der Waals surface area contributed by atoms with E-state index >= 15 is 0 Å². The van der Waals surface area contributed by atoms with Crippen LogP contribution in [0.4, 0.5) is 0 Å². The van der Waals surface area contributed by atoms with Gasteiger partial charge in [-0.25, -0.2) is 4.98 Å². The standard InChI is InChI=1S/C20H21N3O2/c1-3-4-7-10-22-14(2)11-19(24)23-13-16(21-20(22)23)18-12-15-8-5-6-9-17(15)25-18/h5-6,8-9,11-13H,3-4,7,10H2,1-2H3. The fraction of sp³-hybridized carbons (Fsp3) is 0.300. The van der Waals surface area contributed by atoms with Crippen LogP contribution in [0, 0.1) is 6.92 Å². The van der Waals surface area contributed by atoms with Crippen molar-refractivity contribution in [2.75, 3.05) is 0 Å². The predicted molar refractivity (Wildman–Crippen MR) is 98.9 cm³/mol. The molecule has 128 valence electrons. The Morgan fingerprint density at radius 2 is 2.00 bits per heavy atom. The predicted octanol–water partition coefficient (Wildman–Crippen LogP) is 4.41. The van der Waals surface area contributed by atoms with E-state index in [0.717, 1.165) is 42.5 Å². The number of unbranched alkanes of at least 4 members (excludes halogenated alkanes) is 2. The number of furan rings is 1. The molecule has 0 radical (unpaired) electrons. The number of hydrogen-bond donors (Lipinski definition) is 0. The first-order valence-corrected chi connectivity index (χ1v) is 8.76. The van der Waals surface area contributed by atoms with E-state index in [2.05, 4.69) is 11.5 Å². The first-order chi connectivity index (χ1) is 12.2. The molecule has 0 aliphatic carbocycles. The largest absolute Gasteiger partial charge is 0.454 e. The highest BCUT2D eigenvalue weighted by Crippen LogP contribution is 2.27. The molecule has 0 unspecified atom stereocenters. The van der Waals surface area contributed by atoms with E-state index in [9.17, 15) is 4.79 Å². The van der Waals surface area contributed by atoms with Crippen molar-refractivity contribution in [3.8, 4) is 11.5 Å². The molecule has 0 N–H and O–H groups in total. The quantitative estimate of drug-likeness (QED) is 0.508. The zero-order valence-electron chi connectivity index (χ0n) is 14.5. The summed E-state index contributed by atoms with van der Waals surface area (Å²) >= 11 is 0. The Kier molecular flexibility index (Phi) is 3.92. The minimum atomic E-state index is -0.0610. The smallest absolute Gasteiger partial charge is 0.259 e. The molecule has 0 bridgehead atoms. The van der Waals surface area contributed by atoms with E-state index in [4.69, 9.17) is 9.40 Å². The summed E-state index contributed by atoms with van der Waals surface area (Å²) in [4.78, 5) is 17.1.